The minimum Gasteiger partial charge on any atom is -0.365 e. The summed E-state index contributed by atoms with van der Waals surface area (Å²) in [4.78, 5) is 13.7. The highest BCUT2D eigenvalue weighted by molar-refractivity contribution is 6.29. The zero-order chi connectivity index (χ0) is 14.2. The van der Waals surface area contributed by atoms with Crippen LogP contribution in [0.15, 0.2) is 6.07 Å². The molecule has 0 atom stereocenters. The largest absolute Gasteiger partial charge is 0.365 e. The molecule has 2 heterocycles. The van der Waals surface area contributed by atoms with E-state index in [9.17, 15) is 4.79 Å². The number of rotatable bonds is 2. The molecule has 1 spiro atoms. The minimum atomic E-state index is -0.502. The summed E-state index contributed by atoms with van der Waals surface area (Å²) in [6, 6.07) is 1.51. The molecule has 1 aliphatic carbocycles. The van der Waals surface area contributed by atoms with E-state index in [0.29, 0.717) is 16.8 Å². The molecular weight excluding hydrogens is 276 g/mol. The van der Waals surface area contributed by atoms with E-state index in [1.165, 1.54) is 31.7 Å². The summed E-state index contributed by atoms with van der Waals surface area (Å²) >= 11 is 5.80. The summed E-state index contributed by atoms with van der Waals surface area (Å²) in [6.07, 6.45) is 7.72. The first kappa shape index (κ1) is 13.6. The summed E-state index contributed by atoms with van der Waals surface area (Å²) in [6.45, 7) is 1.83. The van der Waals surface area contributed by atoms with Crippen molar-refractivity contribution in [2.24, 2.45) is 11.1 Å². The van der Waals surface area contributed by atoms with Crippen molar-refractivity contribution in [3.63, 3.8) is 0 Å². The molecule has 1 saturated heterocycles. The van der Waals surface area contributed by atoms with Crippen molar-refractivity contribution in [3.8, 4) is 0 Å². The Morgan fingerprint density at radius 1 is 1.20 bits per heavy atom. The van der Waals surface area contributed by atoms with Crippen LogP contribution in [0.3, 0.4) is 0 Å². The summed E-state index contributed by atoms with van der Waals surface area (Å²) in [5.41, 5.74) is 6.31. The number of nitrogens with zero attached hydrogens (tertiary/aromatic N) is 3. The van der Waals surface area contributed by atoms with E-state index in [0.717, 1.165) is 25.9 Å². The Balaban J connectivity index is 1.79. The van der Waals surface area contributed by atoms with Gasteiger partial charge < -0.3 is 10.6 Å². The lowest BCUT2D eigenvalue weighted by Gasteiger charge is -2.40. The van der Waals surface area contributed by atoms with Crippen LogP contribution >= 0.6 is 11.6 Å². The van der Waals surface area contributed by atoms with Crippen LogP contribution in [0.4, 0.5) is 5.82 Å². The van der Waals surface area contributed by atoms with Crippen LogP contribution in [-0.2, 0) is 0 Å². The average Bonchev–Trinajstić information content (AvgIpc) is 2.88. The van der Waals surface area contributed by atoms with Crippen molar-refractivity contribution in [3.05, 3.63) is 16.8 Å². The van der Waals surface area contributed by atoms with Gasteiger partial charge in [0, 0.05) is 13.1 Å². The second-order valence-electron chi connectivity index (χ2n) is 5.96. The quantitative estimate of drug-likeness (QED) is 0.909. The van der Waals surface area contributed by atoms with Gasteiger partial charge in [-0.2, -0.15) is 0 Å². The molecule has 6 heteroatoms. The fourth-order valence-electron chi connectivity index (χ4n) is 3.59. The minimum absolute atomic E-state index is 0.201. The number of halogens is 1. The zero-order valence-electron chi connectivity index (χ0n) is 11.4. The van der Waals surface area contributed by atoms with Gasteiger partial charge in [-0.25, -0.2) is 0 Å². The molecule has 0 radical (unpaired) electrons. The molecule has 0 bridgehead atoms. The van der Waals surface area contributed by atoms with Crippen LogP contribution in [0.25, 0.3) is 0 Å². The molecule has 0 unspecified atom stereocenters. The van der Waals surface area contributed by atoms with Gasteiger partial charge in [0.05, 0.1) is 5.56 Å². The van der Waals surface area contributed by atoms with Gasteiger partial charge in [-0.15, -0.1) is 10.2 Å². The first-order valence-electron chi connectivity index (χ1n) is 7.18. The van der Waals surface area contributed by atoms with Crippen molar-refractivity contribution in [2.45, 2.75) is 38.5 Å². The Morgan fingerprint density at radius 3 is 2.45 bits per heavy atom. The Morgan fingerprint density at radius 2 is 1.85 bits per heavy atom. The first-order valence-corrected chi connectivity index (χ1v) is 7.55. The van der Waals surface area contributed by atoms with Crippen LogP contribution in [0.2, 0.25) is 5.15 Å². The van der Waals surface area contributed by atoms with Gasteiger partial charge in [-0.3, -0.25) is 4.79 Å². The van der Waals surface area contributed by atoms with Crippen molar-refractivity contribution in [1.82, 2.24) is 10.2 Å². The Hall–Kier alpha value is -1.36. The zero-order valence-corrected chi connectivity index (χ0v) is 12.2. The van der Waals surface area contributed by atoms with Crippen LogP contribution in [0.5, 0.6) is 0 Å². The molecule has 5 nitrogen and oxygen atoms in total. The second-order valence-corrected chi connectivity index (χ2v) is 6.35. The third kappa shape index (κ3) is 2.46. The fraction of sp³-hybridized carbons (Fsp3) is 0.643. The van der Waals surface area contributed by atoms with Crippen molar-refractivity contribution in [2.75, 3.05) is 18.0 Å². The van der Waals surface area contributed by atoms with Gasteiger partial charge in [0.1, 0.15) is 0 Å². The number of hydrogen-bond donors (Lipinski definition) is 1. The third-order valence-corrected chi connectivity index (χ3v) is 4.98. The Kier molecular flexibility index (Phi) is 3.54. The van der Waals surface area contributed by atoms with Crippen LogP contribution < -0.4 is 10.6 Å². The van der Waals surface area contributed by atoms with Crippen molar-refractivity contribution >= 4 is 23.3 Å². The number of carbonyl (C=O) groups is 1. The highest BCUT2D eigenvalue weighted by atomic mass is 35.5. The van der Waals surface area contributed by atoms with Crippen LogP contribution in [0, 0.1) is 5.41 Å². The number of primary amides is 1. The molecule has 2 fully saturated rings. The summed E-state index contributed by atoms with van der Waals surface area (Å²) in [5, 5.41) is 8.13. The molecule has 1 aromatic heterocycles. The van der Waals surface area contributed by atoms with Crippen molar-refractivity contribution < 1.29 is 4.79 Å². The van der Waals surface area contributed by atoms with Gasteiger partial charge >= 0.3 is 0 Å². The monoisotopic (exact) mass is 294 g/mol. The smallest absolute Gasteiger partial charge is 0.252 e. The lowest BCUT2D eigenvalue weighted by Crippen LogP contribution is -2.40. The average molecular weight is 295 g/mol. The van der Waals surface area contributed by atoms with E-state index < -0.39 is 5.91 Å². The SMILES string of the molecule is NC(=O)c1cc(Cl)nnc1N1CCC2(CCCC2)CC1. The number of aromatic nitrogens is 2. The van der Waals surface area contributed by atoms with Crippen LogP contribution in [0.1, 0.15) is 48.9 Å². The molecule has 20 heavy (non-hydrogen) atoms. The maximum atomic E-state index is 11.5. The summed E-state index contributed by atoms with van der Waals surface area (Å²) < 4.78 is 0. The number of hydrogen-bond acceptors (Lipinski definition) is 4. The predicted molar refractivity (Wildman–Crippen MR) is 77.9 cm³/mol. The highest BCUT2D eigenvalue weighted by Gasteiger charge is 2.37. The molecule has 1 aromatic rings. The second kappa shape index (κ2) is 5.20. The maximum Gasteiger partial charge on any atom is 0.252 e. The van der Waals surface area contributed by atoms with Gasteiger partial charge in [0.2, 0.25) is 0 Å². The van der Waals surface area contributed by atoms with Gasteiger partial charge in [-0.1, -0.05) is 24.4 Å². The normalized spacial score (nSPS) is 21.4. The van der Waals surface area contributed by atoms with E-state index in [1.54, 1.807) is 0 Å². The molecular formula is C14H19ClN4O. The first-order chi connectivity index (χ1) is 9.60. The maximum absolute atomic E-state index is 11.5. The van der Waals surface area contributed by atoms with Crippen LogP contribution in [-0.4, -0.2) is 29.2 Å². The van der Waals surface area contributed by atoms with Gasteiger partial charge in [0.25, 0.3) is 5.91 Å². The Labute approximate surface area is 123 Å². The van der Waals surface area contributed by atoms with Crippen molar-refractivity contribution in [1.29, 1.82) is 0 Å². The third-order valence-electron chi connectivity index (χ3n) is 4.80. The molecule has 2 aliphatic rings. The molecule has 2 N–H and O–H groups in total. The van der Waals surface area contributed by atoms with Gasteiger partial charge in [-0.05, 0) is 37.2 Å². The number of anilines is 1. The van der Waals surface area contributed by atoms with E-state index >= 15 is 0 Å². The molecule has 108 valence electrons. The predicted octanol–water partition coefficient (Wildman–Crippen LogP) is 2.39. The number of amides is 1. The summed E-state index contributed by atoms with van der Waals surface area (Å²) in [5.74, 6) is 0.0766. The van der Waals surface area contributed by atoms with E-state index in [1.807, 2.05) is 0 Å². The van der Waals surface area contributed by atoms with E-state index in [4.69, 9.17) is 17.3 Å². The summed E-state index contributed by atoms with van der Waals surface area (Å²) in [7, 11) is 0. The lowest BCUT2D eigenvalue weighted by atomic mass is 9.77. The molecule has 1 amide bonds. The standard InChI is InChI=1S/C14H19ClN4O/c15-11-9-10(12(16)20)13(18-17-11)19-7-5-14(6-8-19)3-1-2-4-14/h9H,1-8H2,(H2,16,20). The molecule has 1 aliphatic heterocycles. The number of nitrogens with two attached hydrogens (primary N) is 1. The Bertz CT molecular complexity index is 518. The van der Waals surface area contributed by atoms with E-state index in [-0.39, 0.29) is 5.15 Å². The van der Waals surface area contributed by atoms with E-state index in [2.05, 4.69) is 15.1 Å². The fourth-order valence-corrected chi connectivity index (χ4v) is 3.74. The highest BCUT2D eigenvalue weighted by Crippen LogP contribution is 2.46. The molecule has 1 saturated carbocycles. The number of carbonyl (C=O) groups excluding carboxylic acids is 1. The van der Waals surface area contributed by atoms with Gasteiger partial charge in [0.15, 0.2) is 11.0 Å². The molecule has 0 aromatic carbocycles. The number of piperidine rings is 1. The lowest BCUT2D eigenvalue weighted by molar-refractivity contribution is 0.1000. The topological polar surface area (TPSA) is 72.1 Å². The molecule has 3 rings (SSSR count).